The summed E-state index contributed by atoms with van der Waals surface area (Å²) in [6, 6.07) is 9.44. The van der Waals surface area contributed by atoms with Crippen LogP contribution in [0.25, 0.3) is 0 Å². The van der Waals surface area contributed by atoms with Gasteiger partial charge in [-0.3, -0.25) is 0 Å². The predicted molar refractivity (Wildman–Crippen MR) is 60.9 cm³/mol. The molecule has 13 heavy (non-hydrogen) atoms. The number of benzene rings is 1. The lowest BCUT2D eigenvalue weighted by atomic mass is 10.4. The molecule has 0 radical (unpaired) electrons. The van der Waals surface area contributed by atoms with Crippen LogP contribution in [0.2, 0.25) is 5.02 Å². The molecule has 0 aliphatic heterocycles. The van der Waals surface area contributed by atoms with Crippen LogP contribution in [0.4, 0.5) is 0 Å². The van der Waals surface area contributed by atoms with Gasteiger partial charge in [0, 0.05) is 5.02 Å². The van der Waals surface area contributed by atoms with E-state index in [0.717, 1.165) is 18.1 Å². The number of hydrogen-bond acceptors (Lipinski definition) is 2. The summed E-state index contributed by atoms with van der Waals surface area (Å²) in [4.78, 5) is 0. The molecule has 0 amide bonds. The van der Waals surface area contributed by atoms with E-state index in [0.29, 0.717) is 0 Å². The SMILES string of the molecule is CCN.CCN.Clc1ccccc1. The minimum absolute atomic E-state index is 0.750. The number of nitrogens with two attached hydrogens (primary N) is 2. The van der Waals surface area contributed by atoms with Crippen molar-refractivity contribution < 1.29 is 0 Å². The molecular weight excluding hydrogens is 184 g/mol. The van der Waals surface area contributed by atoms with E-state index < -0.39 is 0 Å². The van der Waals surface area contributed by atoms with Gasteiger partial charge >= 0.3 is 0 Å². The third kappa shape index (κ3) is 18.4. The van der Waals surface area contributed by atoms with Crippen molar-refractivity contribution in [2.45, 2.75) is 13.8 Å². The van der Waals surface area contributed by atoms with Crippen molar-refractivity contribution in [3.63, 3.8) is 0 Å². The van der Waals surface area contributed by atoms with Crippen molar-refractivity contribution in [1.82, 2.24) is 0 Å². The molecule has 0 unspecified atom stereocenters. The first-order valence-electron chi connectivity index (χ1n) is 4.33. The van der Waals surface area contributed by atoms with E-state index in [1.54, 1.807) is 0 Å². The van der Waals surface area contributed by atoms with Gasteiger partial charge in [0.05, 0.1) is 0 Å². The van der Waals surface area contributed by atoms with Gasteiger partial charge in [-0.2, -0.15) is 0 Å². The molecule has 0 fully saturated rings. The van der Waals surface area contributed by atoms with Gasteiger partial charge in [0.15, 0.2) is 0 Å². The topological polar surface area (TPSA) is 52.0 Å². The van der Waals surface area contributed by atoms with Crippen LogP contribution in [0.3, 0.4) is 0 Å². The molecule has 1 aromatic carbocycles. The third-order valence-electron chi connectivity index (χ3n) is 0.733. The first-order chi connectivity index (χ1) is 6.22. The summed E-state index contributed by atoms with van der Waals surface area (Å²) in [6.45, 7) is 5.31. The van der Waals surface area contributed by atoms with Gasteiger partial charge < -0.3 is 11.5 Å². The molecule has 0 saturated heterocycles. The van der Waals surface area contributed by atoms with Gasteiger partial charge in [0.2, 0.25) is 0 Å². The highest BCUT2D eigenvalue weighted by molar-refractivity contribution is 6.30. The minimum Gasteiger partial charge on any atom is -0.331 e. The summed E-state index contributed by atoms with van der Waals surface area (Å²) in [5.41, 5.74) is 9.69. The standard InChI is InChI=1S/C6H5Cl.2C2H7N/c7-6-4-2-1-3-5-6;2*1-2-3/h1-5H;2*2-3H2,1H3. The monoisotopic (exact) mass is 202 g/mol. The summed E-state index contributed by atoms with van der Waals surface area (Å²) < 4.78 is 0. The molecule has 3 heteroatoms. The Morgan fingerprint density at radius 1 is 1.00 bits per heavy atom. The Morgan fingerprint density at radius 2 is 1.31 bits per heavy atom. The molecule has 0 heterocycles. The third-order valence-corrected chi connectivity index (χ3v) is 0.985. The lowest BCUT2D eigenvalue weighted by Crippen LogP contribution is -1.87. The van der Waals surface area contributed by atoms with Crippen molar-refractivity contribution in [2.75, 3.05) is 13.1 Å². The molecule has 0 bridgehead atoms. The van der Waals surface area contributed by atoms with Gasteiger partial charge in [-0.25, -0.2) is 0 Å². The zero-order chi connectivity index (χ0) is 10.5. The van der Waals surface area contributed by atoms with Crippen LogP contribution >= 0.6 is 11.6 Å². The number of hydrogen-bond donors (Lipinski definition) is 2. The van der Waals surface area contributed by atoms with E-state index >= 15 is 0 Å². The van der Waals surface area contributed by atoms with E-state index in [1.165, 1.54) is 0 Å². The fourth-order valence-electron chi connectivity index (χ4n) is 0.415. The molecule has 0 saturated carbocycles. The van der Waals surface area contributed by atoms with Gasteiger partial charge in [0.25, 0.3) is 0 Å². The fourth-order valence-corrected chi connectivity index (χ4v) is 0.560. The van der Waals surface area contributed by atoms with E-state index in [2.05, 4.69) is 0 Å². The first kappa shape index (κ1) is 14.9. The van der Waals surface area contributed by atoms with Crippen molar-refractivity contribution >= 4 is 11.6 Å². The fraction of sp³-hybridized carbons (Fsp3) is 0.400. The molecular formula is C10H19ClN2. The highest BCUT2D eigenvalue weighted by Gasteiger charge is 1.74. The Labute approximate surface area is 85.9 Å². The van der Waals surface area contributed by atoms with Crippen LogP contribution < -0.4 is 11.5 Å². The second kappa shape index (κ2) is 14.0. The average molecular weight is 203 g/mol. The van der Waals surface area contributed by atoms with E-state index in [1.807, 2.05) is 44.2 Å². The molecule has 1 rings (SSSR count). The zero-order valence-electron chi connectivity index (χ0n) is 8.33. The Hall–Kier alpha value is -0.570. The molecule has 0 aromatic heterocycles. The van der Waals surface area contributed by atoms with Crippen molar-refractivity contribution in [3.05, 3.63) is 35.4 Å². The van der Waals surface area contributed by atoms with Crippen molar-refractivity contribution in [2.24, 2.45) is 11.5 Å². The largest absolute Gasteiger partial charge is 0.331 e. The maximum Gasteiger partial charge on any atom is 0.0405 e. The highest BCUT2D eigenvalue weighted by atomic mass is 35.5. The highest BCUT2D eigenvalue weighted by Crippen LogP contribution is 2.03. The van der Waals surface area contributed by atoms with E-state index in [-0.39, 0.29) is 0 Å². The molecule has 0 spiro atoms. The summed E-state index contributed by atoms with van der Waals surface area (Å²) in [5, 5.41) is 0.794. The average Bonchev–Trinajstić information content (AvgIpc) is 2.08. The summed E-state index contributed by atoms with van der Waals surface area (Å²) in [5.74, 6) is 0. The number of rotatable bonds is 0. The van der Waals surface area contributed by atoms with E-state index in [9.17, 15) is 0 Å². The number of halogens is 1. The van der Waals surface area contributed by atoms with Crippen LogP contribution in [0.5, 0.6) is 0 Å². The van der Waals surface area contributed by atoms with Gasteiger partial charge in [-0.1, -0.05) is 43.6 Å². The first-order valence-corrected chi connectivity index (χ1v) is 4.71. The molecule has 4 N–H and O–H groups in total. The summed E-state index contributed by atoms with van der Waals surface area (Å²) >= 11 is 5.54. The quantitative estimate of drug-likeness (QED) is 0.678. The van der Waals surface area contributed by atoms with Gasteiger partial charge in [-0.05, 0) is 25.2 Å². The molecule has 2 nitrogen and oxygen atoms in total. The van der Waals surface area contributed by atoms with Crippen molar-refractivity contribution in [1.29, 1.82) is 0 Å². The normalized spacial score (nSPS) is 7.46. The molecule has 1 aromatic rings. The molecule has 0 aliphatic rings. The van der Waals surface area contributed by atoms with Gasteiger partial charge in [0.1, 0.15) is 0 Å². The Balaban J connectivity index is 0. The Morgan fingerprint density at radius 3 is 1.46 bits per heavy atom. The van der Waals surface area contributed by atoms with Crippen LogP contribution in [0, 0.1) is 0 Å². The van der Waals surface area contributed by atoms with Crippen LogP contribution in [0.1, 0.15) is 13.8 Å². The summed E-state index contributed by atoms with van der Waals surface area (Å²) in [6.07, 6.45) is 0. The van der Waals surface area contributed by atoms with Crippen LogP contribution in [-0.4, -0.2) is 13.1 Å². The van der Waals surface area contributed by atoms with E-state index in [4.69, 9.17) is 23.1 Å². The molecule has 0 aliphatic carbocycles. The minimum atomic E-state index is 0.750. The predicted octanol–water partition coefficient (Wildman–Crippen LogP) is 2.27. The lowest BCUT2D eigenvalue weighted by molar-refractivity contribution is 1.14. The smallest absolute Gasteiger partial charge is 0.0405 e. The molecule has 0 atom stereocenters. The summed E-state index contributed by atoms with van der Waals surface area (Å²) in [7, 11) is 0. The van der Waals surface area contributed by atoms with Gasteiger partial charge in [-0.15, -0.1) is 0 Å². The Kier molecular flexibility index (Phi) is 16.1. The Bertz CT molecular complexity index is 164. The van der Waals surface area contributed by atoms with Crippen LogP contribution in [-0.2, 0) is 0 Å². The second-order valence-electron chi connectivity index (χ2n) is 2.11. The van der Waals surface area contributed by atoms with Crippen LogP contribution in [0.15, 0.2) is 30.3 Å². The van der Waals surface area contributed by atoms with Crippen molar-refractivity contribution in [3.8, 4) is 0 Å². The second-order valence-corrected chi connectivity index (χ2v) is 2.55. The maximum atomic E-state index is 5.54. The molecule has 76 valence electrons. The lowest BCUT2D eigenvalue weighted by Gasteiger charge is -1.80. The maximum absolute atomic E-state index is 5.54. The zero-order valence-corrected chi connectivity index (χ0v) is 9.09.